The summed E-state index contributed by atoms with van der Waals surface area (Å²) >= 11 is 0. The van der Waals surface area contributed by atoms with Gasteiger partial charge in [0.15, 0.2) is 0 Å². The van der Waals surface area contributed by atoms with Gasteiger partial charge in [-0.3, -0.25) is 4.79 Å². The number of hydrogen-bond acceptors (Lipinski definition) is 1. The molecular weight excluding hydrogens is 208 g/mol. The molecule has 1 fully saturated rings. The number of fused-ring (bicyclic) bond motifs is 1. The van der Waals surface area contributed by atoms with Gasteiger partial charge in [0.05, 0.1) is 0 Å². The topological polar surface area (TPSA) is 17.1 Å². The quantitative estimate of drug-likeness (QED) is 0.616. The Labute approximate surface area is 106 Å². The van der Waals surface area contributed by atoms with E-state index < -0.39 is 0 Å². The Morgan fingerprint density at radius 1 is 1.29 bits per heavy atom. The summed E-state index contributed by atoms with van der Waals surface area (Å²) < 4.78 is 0. The molecule has 2 aliphatic rings. The van der Waals surface area contributed by atoms with E-state index in [0.717, 1.165) is 6.42 Å². The van der Waals surface area contributed by atoms with Gasteiger partial charge >= 0.3 is 0 Å². The van der Waals surface area contributed by atoms with Crippen LogP contribution in [-0.4, -0.2) is 5.78 Å². The molecule has 0 aromatic heterocycles. The van der Waals surface area contributed by atoms with Crippen molar-refractivity contribution in [2.75, 3.05) is 0 Å². The van der Waals surface area contributed by atoms with Crippen molar-refractivity contribution in [2.24, 2.45) is 22.7 Å². The predicted octanol–water partition coefficient (Wildman–Crippen LogP) is 4.37. The van der Waals surface area contributed by atoms with Gasteiger partial charge in [-0.1, -0.05) is 45.8 Å². The van der Waals surface area contributed by atoms with Crippen LogP contribution in [0.4, 0.5) is 0 Å². The van der Waals surface area contributed by atoms with Crippen molar-refractivity contribution in [3.05, 3.63) is 11.6 Å². The minimum Gasteiger partial charge on any atom is -0.300 e. The fourth-order valence-corrected chi connectivity index (χ4v) is 4.69. The highest BCUT2D eigenvalue weighted by molar-refractivity contribution is 5.80. The summed E-state index contributed by atoms with van der Waals surface area (Å²) in [6.45, 7) is 11.1. The molecule has 3 atom stereocenters. The molecule has 0 bridgehead atoms. The summed E-state index contributed by atoms with van der Waals surface area (Å²) in [6.07, 6.45) is 7.25. The van der Waals surface area contributed by atoms with Gasteiger partial charge in [0, 0.05) is 5.92 Å². The Hall–Kier alpha value is -0.590. The summed E-state index contributed by atoms with van der Waals surface area (Å²) in [5.41, 5.74) is 1.99. The van der Waals surface area contributed by atoms with Crippen molar-refractivity contribution >= 4 is 5.78 Å². The molecular formula is C16H26O. The van der Waals surface area contributed by atoms with Crippen molar-refractivity contribution in [1.29, 1.82) is 0 Å². The average Bonchev–Trinajstić information content (AvgIpc) is 2.14. The van der Waals surface area contributed by atoms with Gasteiger partial charge < -0.3 is 0 Å². The lowest BCUT2D eigenvalue weighted by Crippen LogP contribution is -2.47. The lowest BCUT2D eigenvalue weighted by atomic mass is 9.51. The normalized spacial score (nSPS) is 40.4. The third kappa shape index (κ3) is 1.88. The molecule has 0 spiro atoms. The van der Waals surface area contributed by atoms with Crippen LogP contribution in [-0.2, 0) is 4.79 Å². The van der Waals surface area contributed by atoms with E-state index in [1.807, 2.05) is 0 Å². The van der Waals surface area contributed by atoms with Gasteiger partial charge in [-0.2, -0.15) is 0 Å². The third-order valence-corrected chi connectivity index (χ3v) is 5.23. The molecule has 17 heavy (non-hydrogen) atoms. The maximum absolute atomic E-state index is 12.1. The number of ketones is 1. The molecule has 2 rings (SSSR count). The molecule has 0 amide bonds. The second kappa shape index (κ2) is 3.96. The standard InChI is InChI=1S/C16H26O/c1-11-7-8-13-15(3,4)9-6-10-16(13,5)14(11)12(2)17/h8,11,14H,6-7,9-10H2,1-5H3/t11-,14?,16+/m1/s1. The summed E-state index contributed by atoms with van der Waals surface area (Å²) in [6, 6.07) is 0. The number of Topliss-reactive ketones (excluding diaryl/α,β-unsaturated/α-hetero) is 1. The van der Waals surface area contributed by atoms with Crippen molar-refractivity contribution < 1.29 is 4.79 Å². The summed E-state index contributed by atoms with van der Waals surface area (Å²) in [5.74, 6) is 1.14. The Balaban J connectivity index is 2.48. The monoisotopic (exact) mass is 234 g/mol. The number of carbonyl (C=O) groups is 1. The lowest BCUT2D eigenvalue weighted by Gasteiger charge is -2.53. The first-order chi connectivity index (χ1) is 7.79. The van der Waals surface area contributed by atoms with Crippen molar-refractivity contribution in [3.63, 3.8) is 0 Å². The number of rotatable bonds is 1. The summed E-state index contributed by atoms with van der Waals surface area (Å²) in [5, 5.41) is 0. The second-order valence-electron chi connectivity index (χ2n) is 7.07. The van der Waals surface area contributed by atoms with E-state index in [2.05, 4.69) is 33.8 Å². The Morgan fingerprint density at radius 3 is 2.53 bits per heavy atom. The number of carbonyl (C=O) groups excluding carboxylic acids is 1. The Bertz CT molecular complexity index is 364. The molecule has 1 saturated carbocycles. The smallest absolute Gasteiger partial charge is 0.134 e. The van der Waals surface area contributed by atoms with Crippen LogP contribution in [0.15, 0.2) is 11.6 Å². The fraction of sp³-hybridized carbons (Fsp3) is 0.812. The molecule has 1 heteroatoms. The molecule has 0 aliphatic heterocycles. The van der Waals surface area contributed by atoms with Crippen LogP contribution < -0.4 is 0 Å². The zero-order valence-corrected chi connectivity index (χ0v) is 12.0. The second-order valence-corrected chi connectivity index (χ2v) is 7.07. The van der Waals surface area contributed by atoms with Gasteiger partial charge in [-0.25, -0.2) is 0 Å². The number of hydrogen-bond donors (Lipinski definition) is 0. The maximum atomic E-state index is 12.1. The molecule has 0 aromatic rings. The van der Waals surface area contributed by atoms with Gasteiger partial charge in [0.1, 0.15) is 5.78 Å². The van der Waals surface area contributed by atoms with Crippen LogP contribution >= 0.6 is 0 Å². The largest absolute Gasteiger partial charge is 0.300 e. The van der Waals surface area contributed by atoms with Crippen LogP contribution in [0.1, 0.15) is 60.3 Å². The van der Waals surface area contributed by atoms with Crippen LogP contribution in [0.3, 0.4) is 0 Å². The SMILES string of the molecule is CC(=O)C1[C@H](C)CC=C2C(C)(C)CCC[C@@]21C. The molecule has 1 unspecified atom stereocenters. The first-order valence-corrected chi connectivity index (χ1v) is 7.00. The number of allylic oxidation sites excluding steroid dienone is 2. The van der Waals surface area contributed by atoms with E-state index >= 15 is 0 Å². The molecule has 96 valence electrons. The molecule has 0 N–H and O–H groups in total. The molecule has 0 aromatic carbocycles. The predicted molar refractivity (Wildman–Crippen MR) is 71.8 cm³/mol. The Morgan fingerprint density at radius 2 is 1.94 bits per heavy atom. The summed E-state index contributed by atoms with van der Waals surface area (Å²) in [4.78, 5) is 12.1. The molecule has 2 aliphatic carbocycles. The molecule has 0 saturated heterocycles. The highest BCUT2D eigenvalue weighted by atomic mass is 16.1. The first kappa shape index (κ1) is 12.9. The van der Waals surface area contributed by atoms with E-state index in [9.17, 15) is 4.79 Å². The molecule has 0 radical (unpaired) electrons. The zero-order chi connectivity index (χ0) is 12.8. The fourth-order valence-electron chi connectivity index (χ4n) is 4.69. The highest BCUT2D eigenvalue weighted by Crippen LogP contribution is 2.58. The van der Waals surface area contributed by atoms with E-state index in [0.29, 0.717) is 17.1 Å². The van der Waals surface area contributed by atoms with Crippen molar-refractivity contribution in [3.8, 4) is 0 Å². The van der Waals surface area contributed by atoms with Crippen LogP contribution in [0, 0.1) is 22.7 Å². The van der Waals surface area contributed by atoms with Gasteiger partial charge in [-0.15, -0.1) is 0 Å². The first-order valence-electron chi connectivity index (χ1n) is 7.00. The van der Waals surface area contributed by atoms with E-state index in [1.54, 1.807) is 12.5 Å². The lowest BCUT2D eigenvalue weighted by molar-refractivity contribution is -0.127. The van der Waals surface area contributed by atoms with Gasteiger partial charge in [0.2, 0.25) is 0 Å². The van der Waals surface area contributed by atoms with Crippen molar-refractivity contribution in [2.45, 2.75) is 60.3 Å². The van der Waals surface area contributed by atoms with E-state index in [1.165, 1.54) is 19.3 Å². The molecule has 0 heterocycles. The van der Waals surface area contributed by atoms with Gasteiger partial charge in [0.25, 0.3) is 0 Å². The van der Waals surface area contributed by atoms with E-state index in [4.69, 9.17) is 0 Å². The summed E-state index contributed by atoms with van der Waals surface area (Å²) in [7, 11) is 0. The minimum absolute atomic E-state index is 0.130. The third-order valence-electron chi connectivity index (χ3n) is 5.23. The highest BCUT2D eigenvalue weighted by Gasteiger charge is 2.50. The van der Waals surface area contributed by atoms with Crippen LogP contribution in [0.2, 0.25) is 0 Å². The maximum Gasteiger partial charge on any atom is 0.134 e. The minimum atomic E-state index is 0.130. The van der Waals surface area contributed by atoms with Crippen LogP contribution in [0.25, 0.3) is 0 Å². The van der Waals surface area contributed by atoms with Crippen molar-refractivity contribution in [1.82, 2.24) is 0 Å². The average molecular weight is 234 g/mol. The van der Waals surface area contributed by atoms with Gasteiger partial charge in [-0.05, 0) is 42.9 Å². The Kier molecular flexibility index (Phi) is 3.00. The molecule has 1 nitrogen and oxygen atoms in total. The zero-order valence-electron chi connectivity index (χ0n) is 12.0. The van der Waals surface area contributed by atoms with E-state index in [-0.39, 0.29) is 11.3 Å². The van der Waals surface area contributed by atoms with Crippen LogP contribution in [0.5, 0.6) is 0 Å².